The van der Waals surface area contributed by atoms with Gasteiger partial charge in [-0.05, 0) is 25.8 Å². The topological polar surface area (TPSA) is 75.1 Å². The summed E-state index contributed by atoms with van der Waals surface area (Å²) < 4.78 is 0. The smallest absolute Gasteiger partial charge is 0.271 e. The van der Waals surface area contributed by atoms with Gasteiger partial charge >= 0.3 is 0 Å². The highest BCUT2D eigenvalue weighted by Gasteiger charge is 2.16. The number of nitrogens with one attached hydrogen (secondary N) is 1. The summed E-state index contributed by atoms with van der Waals surface area (Å²) in [6.45, 7) is 4.02. The third-order valence-corrected chi connectivity index (χ3v) is 3.42. The Morgan fingerprint density at radius 2 is 1.95 bits per heavy atom. The van der Waals surface area contributed by atoms with Crippen molar-refractivity contribution in [1.29, 1.82) is 0 Å². The number of carbonyl (C=O) groups excluding carboxylic acids is 1. The van der Waals surface area contributed by atoms with Gasteiger partial charge < -0.3 is 10.4 Å². The minimum absolute atomic E-state index is 0.0588. The normalized spacial score (nSPS) is 13.4. The van der Waals surface area contributed by atoms with Crippen LogP contribution in [0, 0.1) is 6.92 Å². The molecule has 2 atom stereocenters. The summed E-state index contributed by atoms with van der Waals surface area (Å²) in [5.41, 5.74) is 2.17. The van der Waals surface area contributed by atoms with Gasteiger partial charge in [0.1, 0.15) is 5.69 Å². The Kier molecular flexibility index (Phi) is 5.61. The molecule has 116 valence electrons. The monoisotopic (exact) mass is 299 g/mol. The molecule has 2 N–H and O–H groups in total. The maximum absolute atomic E-state index is 12.1. The lowest BCUT2D eigenvalue weighted by Crippen LogP contribution is -2.30. The van der Waals surface area contributed by atoms with E-state index in [9.17, 15) is 9.90 Å². The minimum atomic E-state index is -0.429. The number of carbonyl (C=O) groups is 1. The predicted molar refractivity (Wildman–Crippen MR) is 84.6 cm³/mol. The van der Waals surface area contributed by atoms with E-state index in [0.29, 0.717) is 18.7 Å². The van der Waals surface area contributed by atoms with Gasteiger partial charge in [0.2, 0.25) is 0 Å². The zero-order valence-corrected chi connectivity index (χ0v) is 12.9. The highest BCUT2D eigenvalue weighted by atomic mass is 16.3. The molecule has 0 fully saturated rings. The molecule has 0 saturated heterocycles. The molecule has 5 heteroatoms. The predicted octanol–water partition coefficient (Wildman–Crippen LogP) is 2.07. The number of aryl methyl sites for hydroxylation is 1. The zero-order valence-electron chi connectivity index (χ0n) is 12.9. The Morgan fingerprint density at radius 1 is 1.23 bits per heavy atom. The molecule has 2 unspecified atom stereocenters. The summed E-state index contributed by atoms with van der Waals surface area (Å²) in [6, 6.07) is 9.87. The summed E-state index contributed by atoms with van der Waals surface area (Å²) in [5.74, 6) is -0.192. The Labute approximate surface area is 130 Å². The van der Waals surface area contributed by atoms with Crippen LogP contribution in [0.2, 0.25) is 0 Å². The van der Waals surface area contributed by atoms with Crippen molar-refractivity contribution in [1.82, 2.24) is 15.3 Å². The van der Waals surface area contributed by atoms with Gasteiger partial charge in [-0.25, -0.2) is 4.98 Å². The first-order valence-electron chi connectivity index (χ1n) is 7.36. The Balaban J connectivity index is 2.02. The molecule has 5 nitrogen and oxygen atoms in total. The van der Waals surface area contributed by atoms with Crippen LogP contribution < -0.4 is 5.32 Å². The van der Waals surface area contributed by atoms with Crippen LogP contribution in [0.5, 0.6) is 0 Å². The van der Waals surface area contributed by atoms with E-state index in [4.69, 9.17) is 0 Å². The fourth-order valence-corrected chi connectivity index (χ4v) is 2.29. The number of aliphatic hydroxyl groups is 1. The van der Waals surface area contributed by atoms with Gasteiger partial charge in [-0.1, -0.05) is 30.3 Å². The molecule has 22 heavy (non-hydrogen) atoms. The van der Waals surface area contributed by atoms with E-state index in [0.717, 1.165) is 11.3 Å². The molecule has 0 radical (unpaired) electrons. The van der Waals surface area contributed by atoms with Crippen LogP contribution in [-0.4, -0.2) is 33.6 Å². The maximum atomic E-state index is 12.1. The lowest BCUT2D eigenvalue weighted by molar-refractivity contribution is 0.0940. The van der Waals surface area contributed by atoms with Crippen molar-refractivity contribution in [2.75, 3.05) is 6.54 Å². The number of hydrogen-bond donors (Lipinski definition) is 2. The molecular formula is C17H21N3O2. The van der Waals surface area contributed by atoms with Gasteiger partial charge in [-0.3, -0.25) is 9.78 Å². The third kappa shape index (κ3) is 4.63. The van der Waals surface area contributed by atoms with Gasteiger partial charge in [0, 0.05) is 18.7 Å². The van der Waals surface area contributed by atoms with Crippen molar-refractivity contribution in [3.63, 3.8) is 0 Å². The number of rotatable bonds is 6. The molecular weight excluding hydrogens is 278 g/mol. The number of amides is 1. The van der Waals surface area contributed by atoms with E-state index in [1.807, 2.05) is 37.3 Å². The van der Waals surface area contributed by atoms with Crippen LogP contribution in [-0.2, 0) is 0 Å². The molecule has 0 aliphatic rings. The molecule has 0 spiro atoms. The summed E-state index contributed by atoms with van der Waals surface area (Å²) in [7, 11) is 0. The first kappa shape index (κ1) is 16.1. The lowest BCUT2D eigenvalue weighted by Gasteiger charge is -2.19. The van der Waals surface area contributed by atoms with Crippen LogP contribution in [0.4, 0.5) is 0 Å². The SMILES string of the molecule is Cc1cnc(C(=O)NCC(CC(C)O)c2ccccc2)cn1. The number of aromatic nitrogens is 2. The zero-order chi connectivity index (χ0) is 15.9. The van der Waals surface area contributed by atoms with Crippen molar-refractivity contribution < 1.29 is 9.90 Å². The summed E-state index contributed by atoms with van der Waals surface area (Å²) in [4.78, 5) is 20.2. The average molecular weight is 299 g/mol. The van der Waals surface area contributed by atoms with E-state index in [2.05, 4.69) is 15.3 Å². The lowest BCUT2D eigenvalue weighted by atomic mass is 9.93. The number of aliphatic hydroxyl groups excluding tert-OH is 1. The second-order valence-corrected chi connectivity index (χ2v) is 5.45. The standard InChI is InChI=1S/C17H21N3O2/c1-12-9-19-16(11-18-12)17(22)20-10-15(8-13(2)21)14-6-4-3-5-7-14/h3-7,9,11,13,15,21H,8,10H2,1-2H3,(H,20,22). The maximum Gasteiger partial charge on any atom is 0.271 e. The molecule has 0 bridgehead atoms. The minimum Gasteiger partial charge on any atom is -0.393 e. The van der Waals surface area contributed by atoms with Crippen molar-refractivity contribution in [3.8, 4) is 0 Å². The van der Waals surface area contributed by atoms with Crippen molar-refractivity contribution in [3.05, 3.63) is 59.7 Å². The molecule has 1 amide bonds. The van der Waals surface area contributed by atoms with Gasteiger partial charge in [-0.15, -0.1) is 0 Å². The Bertz CT molecular complexity index is 597. The van der Waals surface area contributed by atoms with E-state index < -0.39 is 6.10 Å². The summed E-state index contributed by atoms with van der Waals surface area (Å²) in [5, 5.41) is 12.5. The van der Waals surface area contributed by atoms with E-state index in [1.165, 1.54) is 6.20 Å². The summed E-state index contributed by atoms with van der Waals surface area (Å²) in [6.07, 6.45) is 3.20. The van der Waals surface area contributed by atoms with Crippen LogP contribution in [0.15, 0.2) is 42.7 Å². The molecule has 0 saturated carbocycles. The van der Waals surface area contributed by atoms with Gasteiger partial charge in [0.25, 0.3) is 5.91 Å². The van der Waals surface area contributed by atoms with Gasteiger partial charge in [-0.2, -0.15) is 0 Å². The van der Waals surface area contributed by atoms with Crippen LogP contribution in [0.1, 0.15) is 41.0 Å². The summed E-state index contributed by atoms with van der Waals surface area (Å²) >= 11 is 0. The largest absolute Gasteiger partial charge is 0.393 e. The molecule has 1 aromatic carbocycles. The molecule has 2 rings (SSSR count). The number of hydrogen-bond acceptors (Lipinski definition) is 4. The second-order valence-electron chi connectivity index (χ2n) is 5.45. The molecule has 1 aromatic heterocycles. The van der Waals surface area contributed by atoms with Crippen LogP contribution in [0.3, 0.4) is 0 Å². The fraction of sp³-hybridized carbons (Fsp3) is 0.353. The molecule has 0 aliphatic heterocycles. The van der Waals surface area contributed by atoms with Crippen LogP contribution >= 0.6 is 0 Å². The average Bonchev–Trinajstić information content (AvgIpc) is 2.52. The van der Waals surface area contributed by atoms with E-state index in [1.54, 1.807) is 13.1 Å². The molecule has 2 aromatic rings. The van der Waals surface area contributed by atoms with Gasteiger partial charge in [0.15, 0.2) is 0 Å². The molecule has 1 heterocycles. The second kappa shape index (κ2) is 7.66. The highest BCUT2D eigenvalue weighted by Crippen LogP contribution is 2.20. The fourth-order valence-electron chi connectivity index (χ4n) is 2.29. The van der Waals surface area contributed by atoms with E-state index in [-0.39, 0.29) is 11.8 Å². The van der Waals surface area contributed by atoms with Crippen LogP contribution in [0.25, 0.3) is 0 Å². The molecule has 0 aliphatic carbocycles. The third-order valence-electron chi connectivity index (χ3n) is 3.42. The Morgan fingerprint density at radius 3 is 2.55 bits per heavy atom. The van der Waals surface area contributed by atoms with E-state index >= 15 is 0 Å². The van der Waals surface area contributed by atoms with Crippen molar-refractivity contribution in [2.24, 2.45) is 0 Å². The van der Waals surface area contributed by atoms with Crippen molar-refractivity contribution >= 4 is 5.91 Å². The highest BCUT2D eigenvalue weighted by molar-refractivity contribution is 5.91. The quantitative estimate of drug-likeness (QED) is 0.856. The van der Waals surface area contributed by atoms with Crippen molar-refractivity contribution in [2.45, 2.75) is 32.3 Å². The first-order valence-corrected chi connectivity index (χ1v) is 7.36. The Hall–Kier alpha value is -2.27. The number of benzene rings is 1. The first-order chi connectivity index (χ1) is 10.6. The van der Waals surface area contributed by atoms with Gasteiger partial charge in [0.05, 0.1) is 18.0 Å². The number of nitrogens with zero attached hydrogens (tertiary/aromatic N) is 2.